The highest BCUT2D eigenvalue weighted by molar-refractivity contribution is 6.33. The van der Waals surface area contributed by atoms with Crippen molar-refractivity contribution in [3.8, 4) is 5.75 Å². The Kier molecular flexibility index (Phi) is 5.91. The number of carbonyl (C=O) groups is 1. The first-order valence-corrected chi connectivity index (χ1v) is 7.95. The summed E-state index contributed by atoms with van der Waals surface area (Å²) in [7, 11) is 1.48. The lowest BCUT2D eigenvalue weighted by Gasteiger charge is -2.32. The summed E-state index contributed by atoms with van der Waals surface area (Å²) in [5.74, 6) is -0.0679. The number of piperidine rings is 1. The number of rotatable bonds is 5. The minimum Gasteiger partial charge on any atom is -0.496 e. The molecule has 122 valence electrons. The number of likely N-dealkylation sites (tertiary alicyclic amines) is 1. The van der Waals surface area contributed by atoms with Gasteiger partial charge in [0.15, 0.2) is 0 Å². The first-order valence-electron chi connectivity index (χ1n) is 7.57. The molecule has 1 atom stereocenters. The van der Waals surface area contributed by atoms with Crippen molar-refractivity contribution in [3.63, 3.8) is 0 Å². The summed E-state index contributed by atoms with van der Waals surface area (Å²) < 4.78 is 10.5. The lowest BCUT2D eigenvalue weighted by Crippen LogP contribution is -2.39. The number of benzene rings is 1. The fraction of sp³-hybridized carbons (Fsp3) is 0.562. The predicted molar refractivity (Wildman–Crippen MR) is 87.6 cm³/mol. The van der Waals surface area contributed by atoms with Crippen LogP contribution >= 0.6 is 11.6 Å². The third-order valence-corrected chi connectivity index (χ3v) is 4.42. The Bertz CT molecular complexity index is 536. The normalized spacial score (nSPS) is 19.0. The van der Waals surface area contributed by atoms with Gasteiger partial charge in [-0.05, 0) is 32.4 Å². The summed E-state index contributed by atoms with van der Waals surface area (Å²) in [5, 5.41) is 0.317. The van der Waals surface area contributed by atoms with Crippen molar-refractivity contribution >= 4 is 23.3 Å². The Morgan fingerprint density at radius 3 is 2.91 bits per heavy atom. The van der Waals surface area contributed by atoms with Crippen molar-refractivity contribution in [2.75, 3.05) is 32.5 Å². The molecule has 0 aromatic heterocycles. The maximum Gasteiger partial charge on any atom is 0.342 e. The maximum absolute atomic E-state index is 12.2. The molecule has 0 spiro atoms. The van der Waals surface area contributed by atoms with Crippen molar-refractivity contribution < 1.29 is 14.3 Å². The second-order valence-corrected chi connectivity index (χ2v) is 6.00. The average molecular weight is 327 g/mol. The van der Waals surface area contributed by atoms with Gasteiger partial charge in [-0.3, -0.25) is 4.90 Å². The van der Waals surface area contributed by atoms with Crippen molar-refractivity contribution in [1.82, 2.24) is 4.90 Å². The van der Waals surface area contributed by atoms with Crippen LogP contribution in [0.2, 0.25) is 5.02 Å². The highest BCUT2D eigenvalue weighted by Crippen LogP contribution is 2.29. The van der Waals surface area contributed by atoms with Crippen LogP contribution in [0.15, 0.2) is 12.1 Å². The summed E-state index contributed by atoms with van der Waals surface area (Å²) in [6.45, 7) is 4.38. The van der Waals surface area contributed by atoms with E-state index >= 15 is 0 Å². The number of nitrogens with two attached hydrogens (primary N) is 1. The molecule has 1 heterocycles. The quantitative estimate of drug-likeness (QED) is 0.665. The van der Waals surface area contributed by atoms with E-state index in [1.807, 2.05) is 0 Å². The summed E-state index contributed by atoms with van der Waals surface area (Å²) in [6.07, 6.45) is 3.69. The standard InChI is InChI=1S/C16H23ClN2O3/c1-11-5-3-4-6-19(11)7-8-22-16(20)12-9-13(17)14(18)10-15(12)21-2/h9-11H,3-8,18H2,1-2H3. The molecule has 22 heavy (non-hydrogen) atoms. The molecule has 0 radical (unpaired) electrons. The van der Waals surface area contributed by atoms with Crippen molar-refractivity contribution in [3.05, 3.63) is 22.7 Å². The highest BCUT2D eigenvalue weighted by Gasteiger charge is 2.20. The molecule has 0 aliphatic carbocycles. The summed E-state index contributed by atoms with van der Waals surface area (Å²) >= 11 is 5.97. The van der Waals surface area contributed by atoms with E-state index in [9.17, 15) is 4.79 Å². The highest BCUT2D eigenvalue weighted by atomic mass is 35.5. The average Bonchev–Trinajstić information content (AvgIpc) is 2.51. The number of halogens is 1. The van der Waals surface area contributed by atoms with Gasteiger partial charge in [-0.25, -0.2) is 4.79 Å². The molecular formula is C16H23ClN2O3. The van der Waals surface area contributed by atoms with Gasteiger partial charge in [-0.1, -0.05) is 18.0 Å². The fourth-order valence-electron chi connectivity index (χ4n) is 2.72. The van der Waals surface area contributed by atoms with Crippen molar-refractivity contribution in [2.45, 2.75) is 32.2 Å². The van der Waals surface area contributed by atoms with Crippen LogP contribution < -0.4 is 10.5 Å². The zero-order valence-corrected chi connectivity index (χ0v) is 13.9. The van der Waals surface area contributed by atoms with Gasteiger partial charge in [0, 0.05) is 18.7 Å². The molecule has 2 N–H and O–H groups in total. The fourth-order valence-corrected chi connectivity index (χ4v) is 2.88. The molecule has 1 aromatic carbocycles. The first kappa shape index (κ1) is 16.9. The molecule has 1 aromatic rings. The van der Waals surface area contributed by atoms with Gasteiger partial charge in [-0.15, -0.1) is 0 Å². The monoisotopic (exact) mass is 326 g/mol. The van der Waals surface area contributed by atoms with E-state index in [1.54, 1.807) is 0 Å². The van der Waals surface area contributed by atoms with E-state index < -0.39 is 5.97 Å². The second-order valence-electron chi connectivity index (χ2n) is 5.59. The molecule has 1 unspecified atom stereocenters. The zero-order valence-electron chi connectivity index (χ0n) is 13.1. The van der Waals surface area contributed by atoms with Gasteiger partial charge < -0.3 is 15.2 Å². The zero-order chi connectivity index (χ0) is 16.1. The van der Waals surface area contributed by atoms with Crippen LogP contribution in [0.5, 0.6) is 5.75 Å². The lowest BCUT2D eigenvalue weighted by molar-refractivity contribution is 0.0413. The number of anilines is 1. The van der Waals surface area contributed by atoms with Gasteiger partial charge in [0.1, 0.15) is 17.9 Å². The molecule has 0 amide bonds. The number of esters is 1. The SMILES string of the molecule is COc1cc(N)c(Cl)cc1C(=O)OCCN1CCCCC1C. The van der Waals surface area contributed by atoms with Crippen LogP contribution in [0.1, 0.15) is 36.5 Å². The molecule has 1 aliphatic rings. The third kappa shape index (κ3) is 4.05. The van der Waals surface area contributed by atoms with Gasteiger partial charge in [0.2, 0.25) is 0 Å². The number of nitrogens with zero attached hydrogens (tertiary/aromatic N) is 1. The third-order valence-electron chi connectivity index (χ3n) is 4.09. The van der Waals surface area contributed by atoms with Crippen LogP contribution in [0.4, 0.5) is 5.69 Å². The molecule has 1 fully saturated rings. The Morgan fingerprint density at radius 1 is 1.45 bits per heavy atom. The molecule has 1 aliphatic heterocycles. The summed E-state index contributed by atoms with van der Waals surface area (Å²) in [5.41, 5.74) is 6.38. The summed E-state index contributed by atoms with van der Waals surface area (Å²) in [6, 6.07) is 3.57. The van der Waals surface area contributed by atoms with E-state index in [0.29, 0.717) is 34.7 Å². The van der Waals surface area contributed by atoms with Crippen LogP contribution in [0.3, 0.4) is 0 Å². The molecule has 6 heteroatoms. The number of methoxy groups -OCH3 is 1. The lowest BCUT2D eigenvalue weighted by atomic mass is 10.0. The summed E-state index contributed by atoms with van der Waals surface area (Å²) in [4.78, 5) is 14.5. The van der Waals surface area contributed by atoms with Gasteiger partial charge in [0.25, 0.3) is 0 Å². The molecule has 0 saturated carbocycles. The van der Waals surface area contributed by atoms with Crippen LogP contribution in [0.25, 0.3) is 0 Å². The van der Waals surface area contributed by atoms with E-state index in [0.717, 1.165) is 13.1 Å². The molecular weight excluding hydrogens is 304 g/mol. The van der Waals surface area contributed by atoms with Gasteiger partial charge in [0.05, 0.1) is 17.8 Å². The predicted octanol–water partition coefficient (Wildman–Crippen LogP) is 2.96. The minimum absolute atomic E-state index is 0.299. The van der Waals surface area contributed by atoms with Gasteiger partial charge >= 0.3 is 5.97 Å². The number of ether oxygens (including phenoxy) is 2. The Morgan fingerprint density at radius 2 is 2.23 bits per heavy atom. The van der Waals surface area contributed by atoms with Crippen LogP contribution in [-0.2, 0) is 4.74 Å². The van der Waals surface area contributed by atoms with E-state index in [4.69, 9.17) is 26.8 Å². The number of carbonyl (C=O) groups excluding carboxylic acids is 1. The topological polar surface area (TPSA) is 64.8 Å². The number of nitrogen functional groups attached to an aromatic ring is 1. The number of hydrogen-bond donors (Lipinski definition) is 1. The molecule has 1 saturated heterocycles. The van der Waals surface area contributed by atoms with Gasteiger partial charge in [-0.2, -0.15) is 0 Å². The van der Waals surface area contributed by atoms with E-state index in [2.05, 4.69) is 11.8 Å². The number of hydrogen-bond acceptors (Lipinski definition) is 5. The Balaban J connectivity index is 1.93. The Hall–Kier alpha value is -1.46. The largest absolute Gasteiger partial charge is 0.496 e. The first-order chi connectivity index (χ1) is 10.5. The van der Waals surface area contributed by atoms with E-state index in [-0.39, 0.29) is 0 Å². The molecule has 0 bridgehead atoms. The second kappa shape index (κ2) is 7.70. The Labute approximate surface area is 136 Å². The minimum atomic E-state index is -0.441. The maximum atomic E-state index is 12.2. The van der Waals surface area contributed by atoms with Crippen LogP contribution in [-0.4, -0.2) is 43.7 Å². The molecule has 2 rings (SSSR count). The van der Waals surface area contributed by atoms with Crippen molar-refractivity contribution in [2.24, 2.45) is 0 Å². The van der Waals surface area contributed by atoms with Crippen molar-refractivity contribution in [1.29, 1.82) is 0 Å². The van der Waals surface area contributed by atoms with E-state index in [1.165, 1.54) is 38.5 Å². The molecule has 5 nitrogen and oxygen atoms in total. The smallest absolute Gasteiger partial charge is 0.342 e. The van der Waals surface area contributed by atoms with Crippen LogP contribution in [0, 0.1) is 0 Å².